The predicted octanol–water partition coefficient (Wildman–Crippen LogP) is 4.37. The average Bonchev–Trinajstić information content (AvgIpc) is 3.81. The zero-order chi connectivity index (χ0) is 39.4. The normalized spacial score (nSPS) is 26.0. The fourth-order valence-corrected chi connectivity index (χ4v) is 13.4. The number of aliphatic hydroxyl groups is 1. The average molecular weight is 771 g/mol. The van der Waals surface area contributed by atoms with Crippen molar-refractivity contribution in [3.05, 3.63) is 88.0 Å². The van der Waals surface area contributed by atoms with E-state index in [-0.39, 0.29) is 55.1 Å². The van der Waals surface area contributed by atoms with Crippen molar-refractivity contribution in [1.82, 2.24) is 4.90 Å². The number of ether oxygens (including phenoxy) is 3. The van der Waals surface area contributed by atoms with Crippen LogP contribution in [0.5, 0.6) is 5.75 Å². The number of hydrogen-bond donors (Lipinski definition) is 1. The van der Waals surface area contributed by atoms with Crippen molar-refractivity contribution in [2.75, 3.05) is 30.1 Å². The molecule has 4 aliphatic rings. The first-order valence-electron chi connectivity index (χ1n) is 18.6. The van der Waals surface area contributed by atoms with Crippen LogP contribution in [0.3, 0.4) is 0 Å². The zero-order valence-corrected chi connectivity index (χ0v) is 32.6. The van der Waals surface area contributed by atoms with Gasteiger partial charge in [0, 0.05) is 42.8 Å². The lowest BCUT2D eigenvalue weighted by Crippen LogP contribution is -2.54. The van der Waals surface area contributed by atoms with Crippen molar-refractivity contribution in [2.24, 2.45) is 5.92 Å². The number of aliphatic hydroxyl groups excluding tert-OH is 1. The van der Waals surface area contributed by atoms with Gasteiger partial charge in [-0.15, -0.1) is 0 Å². The Hall–Kier alpha value is -5.12. The monoisotopic (exact) mass is 770 g/mol. The number of nitrogens with zero attached hydrogens (tertiary/aromatic N) is 4. The second kappa shape index (κ2) is 14.5. The number of non-ortho nitro benzene ring substituents is 1. The highest BCUT2D eigenvalue weighted by Gasteiger charge is 2.67. The Balaban J connectivity index is 1.30. The number of β-lactam (4-membered cyclic amide) rings is 1. The minimum absolute atomic E-state index is 0.0210. The van der Waals surface area contributed by atoms with Crippen molar-refractivity contribution >= 4 is 54.0 Å². The van der Waals surface area contributed by atoms with Gasteiger partial charge in [-0.25, -0.2) is 0 Å². The lowest BCUT2D eigenvalue weighted by Gasteiger charge is -2.39. The second-order valence-electron chi connectivity index (χ2n) is 15.5. The van der Waals surface area contributed by atoms with Crippen molar-refractivity contribution < 1.29 is 43.4 Å². The molecule has 4 heterocycles. The number of amides is 3. The van der Waals surface area contributed by atoms with E-state index in [0.717, 1.165) is 11.6 Å². The first-order chi connectivity index (χ1) is 26.2. The maximum Gasteiger partial charge on any atom is 0.304 e. The molecule has 1 spiro atoms. The van der Waals surface area contributed by atoms with Crippen molar-refractivity contribution in [3.63, 3.8) is 0 Å². The fourth-order valence-electron chi connectivity index (χ4n) is 9.39. The molecule has 0 aromatic heterocycles. The second-order valence-corrected chi connectivity index (χ2v) is 20.2. The summed E-state index contributed by atoms with van der Waals surface area (Å²) in [6.45, 7) is 8.05. The quantitative estimate of drug-likeness (QED) is 0.0972. The Labute approximate surface area is 320 Å². The molecule has 3 amide bonds. The van der Waals surface area contributed by atoms with Crippen LogP contribution in [-0.4, -0.2) is 85.3 Å². The number of carbonyl (C=O) groups excluding carboxylic acids is 4. The summed E-state index contributed by atoms with van der Waals surface area (Å²) < 4.78 is 17.8. The van der Waals surface area contributed by atoms with Gasteiger partial charge in [0.25, 0.3) is 11.6 Å². The highest BCUT2D eigenvalue weighted by molar-refractivity contribution is 6.91. The maximum atomic E-state index is 15.3. The summed E-state index contributed by atoms with van der Waals surface area (Å²) in [5.41, 5.74) is -0.138. The van der Waals surface area contributed by atoms with Gasteiger partial charge in [-0.2, -0.15) is 0 Å². The predicted molar refractivity (Wildman–Crippen MR) is 204 cm³/mol. The van der Waals surface area contributed by atoms with Gasteiger partial charge in [0.2, 0.25) is 11.8 Å². The van der Waals surface area contributed by atoms with Crippen LogP contribution in [0.15, 0.2) is 66.7 Å². The van der Waals surface area contributed by atoms with Crippen LogP contribution in [0, 0.1) is 16.0 Å². The van der Waals surface area contributed by atoms with Crippen LogP contribution >= 0.6 is 0 Å². The number of esters is 1. The van der Waals surface area contributed by atoms with Crippen molar-refractivity contribution in [3.8, 4) is 5.75 Å². The summed E-state index contributed by atoms with van der Waals surface area (Å²) in [6.07, 6.45) is 0.0754. The number of anilines is 2. The maximum absolute atomic E-state index is 15.3. The third-order valence-electron chi connectivity index (χ3n) is 12.1. The van der Waals surface area contributed by atoms with E-state index in [2.05, 4.69) is 13.1 Å². The molecule has 0 radical (unpaired) electrons. The van der Waals surface area contributed by atoms with Gasteiger partial charge in [-0.3, -0.25) is 34.2 Å². The Bertz CT molecular complexity index is 2040. The third-order valence-corrected chi connectivity index (χ3v) is 16.4. The van der Waals surface area contributed by atoms with Gasteiger partial charge in [0.15, 0.2) is 11.8 Å². The topological polar surface area (TPSA) is 169 Å². The number of fused-ring (bicyclic) bond motifs is 2. The van der Waals surface area contributed by atoms with E-state index >= 15 is 4.79 Å². The van der Waals surface area contributed by atoms with Crippen LogP contribution in [0.25, 0.3) is 0 Å². The number of nitro groups is 1. The number of carbonyl (C=O) groups is 4. The largest absolute Gasteiger partial charge is 0.497 e. The van der Waals surface area contributed by atoms with E-state index in [4.69, 9.17) is 14.2 Å². The Kier molecular flexibility index (Phi) is 10.1. The molecule has 1 N–H and O–H groups in total. The summed E-state index contributed by atoms with van der Waals surface area (Å²) >= 11 is 0. The minimum atomic E-state index is -2.64. The molecule has 290 valence electrons. The lowest BCUT2D eigenvalue weighted by atomic mass is 9.82. The van der Waals surface area contributed by atoms with Crippen LogP contribution in [0.2, 0.25) is 18.6 Å². The van der Waals surface area contributed by atoms with Gasteiger partial charge in [0.1, 0.15) is 5.75 Å². The molecule has 1 unspecified atom stereocenters. The van der Waals surface area contributed by atoms with Crippen molar-refractivity contribution in [2.45, 2.75) is 88.7 Å². The molecular formula is C40H46N4O10Si. The molecule has 3 saturated heterocycles. The summed E-state index contributed by atoms with van der Waals surface area (Å²) in [5, 5.41) is 23.3. The summed E-state index contributed by atoms with van der Waals surface area (Å²) in [7, 11) is -1.04. The molecule has 14 nitrogen and oxygen atoms in total. The Morgan fingerprint density at radius 2 is 1.84 bits per heavy atom. The van der Waals surface area contributed by atoms with E-state index in [1.807, 2.05) is 37.3 Å². The molecule has 3 aromatic carbocycles. The number of hydrogen-bond acceptors (Lipinski definition) is 10. The standard InChI is InChI=1S/C40H46N4O10Si/c1-24-38(55(4,5)31-14-12-30(52-3)13-15-31)34(20-35(47)41-17-7-10-29(41)23-45)54-40(24)32-19-28(44(50)51)11-16-33(32)42(39(40)49)22-26-8-6-9-27(18-26)43-36(48)21-37(43)53-25(2)46/h6,8-9,11-16,18-19,24,29,34,37-38,45H,7,10,17,20-23H2,1-5H3/t24-,29+,34+,37?,38-,40+/m1/s1. The highest BCUT2D eigenvalue weighted by Crippen LogP contribution is 2.60. The first kappa shape index (κ1) is 38.2. The first-order valence-corrected chi connectivity index (χ1v) is 21.7. The Morgan fingerprint density at radius 3 is 2.49 bits per heavy atom. The molecule has 4 aliphatic heterocycles. The molecule has 0 aliphatic carbocycles. The number of methoxy groups -OCH3 is 1. The molecule has 6 atom stereocenters. The summed E-state index contributed by atoms with van der Waals surface area (Å²) in [6, 6.07) is 19.0. The van der Waals surface area contributed by atoms with Crippen molar-refractivity contribution in [1.29, 1.82) is 0 Å². The number of benzene rings is 3. The minimum Gasteiger partial charge on any atom is -0.497 e. The van der Waals surface area contributed by atoms with Crippen LogP contribution in [0.1, 0.15) is 50.7 Å². The Morgan fingerprint density at radius 1 is 1.09 bits per heavy atom. The number of likely N-dealkylation sites (tertiary alicyclic amines) is 1. The lowest BCUT2D eigenvalue weighted by molar-refractivity contribution is -0.385. The SMILES string of the molecule is COc1ccc([Si](C)(C)[C@H]2[C@H](CC(=O)N3CCC[C@H]3CO)O[C@@]3(C(=O)N(Cc4cccc(N5C(=O)CC5OC(C)=O)c4)c4ccc([N+](=O)[O-])cc43)[C@@H]2C)cc1. The van der Waals surface area contributed by atoms with Gasteiger partial charge in [-0.1, -0.05) is 49.5 Å². The van der Waals surface area contributed by atoms with E-state index in [1.165, 1.54) is 24.0 Å². The molecule has 3 aromatic rings. The molecule has 15 heteroatoms. The fraction of sp³-hybridized carbons (Fsp3) is 0.450. The van der Waals surface area contributed by atoms with Gasteiger partial charge in [0.05, 0.1) is 63.9 Å². The summed E-state index contributed by atoms with van der Waals surface area (Å²) in [4.78, 5) is 70.0. The van der Waals surface area contributed by atoms with E-state index in [9.17, 15) is 29.6 Å². The number of rotatable bonds is 11. The molecule has 7 rings (SSSR count). The number of nitro benzene ring substituents is 1. The third kappa shape index (κ3) is 6.47. The molecule has 55 heavy (non-hydrogen) atoms. The summed E-state index contributed by atoms with van der Waals surface area (Å²) in [5.74, 6) is -1.10. The molecule has 0 bridgehead atoms. The molecule has 3 fully saturated rings. The van der Waals surface area contributed by atoms with Gasteiger partial charge < -0.3 is 29.1 Å². The van der Waals surface area contributed by atoms with E-state index in [1.54, 1.807) is 41.2 Å². The van der Waals surface area contributed by atoms with Crippen LogP contribution < -0.4 is 19.7 Å². The molecule has 0 saturated carbocycles. The smallest absolute Gasteiger partial charge is 0.304 e. The van der Waals surface area contributed by atoms with Gasteiger partial charge >= 0.3 is 5.97 Å². The van der Waals surface area contributed by atoms with E-state index in [0.29, 0.717) is 41.2 Å². The van der Waals surface area contributed by atoms with Crippen LogP contribution in [-0.2, 0) is 40.8 Å². The molecular weight excluding hydrogens is 725 g/mol. The van der Waals surface area contributed by atoms with Crippen LogP contribution in [0.4, 0.5) is 17.1 Å². The zero-order valence-electron chi connectivity index (χ0n) is 31.6. The van der Waals surface area contributed by atoms with E-state index < -0.39 is 48.7 Å². The highest BCUT2D eigenvalue weighted by atomic mass is 28.3. The van der Waals surface area contributed by atoms with Gasteiger partial charge in [-0.05, 0) is 54.3 Å².